The number of ether oxygens (including phenoxy) is 1. The highest BCUT2D eigenvalue weighted by Crippen LogP contribution is 2.52. The second-order valence-electron chi connectivity index (χ2n) is 29.2. The molecule has 1 aliphatic heterocycles. The summed E-state index contributed by atoms with van der Waals surface area (Å²) in [6.07, 6.45) is 1.35. The number of rotatable bonds is 9. The van der Waals surface area contributed by atoms with Crippen molar-refractivity contribution >= 4 is 44.6 Å². The number of fused-ring (bicyclic) bond motifs is 5. The van der Waals surface area contributed by atoms with Crippen molar-refractivity contribution in [2.45, 2.75) is 157 Å². The fraction of sp³-hybridized carbons (Fsp3) is 0.329. The number of nitrogens with zero attached hydrogens (tertiary/aromatic N) is 4. The van der Waals surface area contributed by atoms with Crippen molar-refractivity contribution in [2.24, 2.45) is 5.41 Å². The van der Waals surface area contributed by atoms with Crippen molar-refractivity contribution in [1.29, 1.82) is 0 Å². The van der Waals surface area contributed by atoms with Crippen molar-refractivity contribution in [2.75, 3.05) is 16.5 Å². The van der Waals surface area contributed by atoms with Gasteiger partial charge in [0.2, 0.25) is 0 Å². The van der Waals surface area contributed by atoms with Crippen LogP contribution in [0.2, 0.25) is 0 Å². The first-order valence-electron chi connectivity index (χ1n) is 32.7. The maximum Gasteiger partial charge on any atom is 0.137 e. The molecule has 0 unspecified atom stereocenters. The first-order valence-corrected chi connectivity index (χ1v) is 30.2. The third-order valence-electron chi connectivity index (χ3n) is 17.6. The zero-order valence-electron chi connectivity index (χ0n) is 57.4. The van der Waals surface area contributed by atoms with Crippen LogP contribution in [0.1, 0.15) is 164 Å². The number of hydrogen-bond acceptors (Lipinski definition) is 4. The van der Waals surface area contributed by atoms with E-state index in [9.17, 15) is 6.85 Å². The van der Waals surface area contributed by atoms with Gasteiger partial charge in [-0.1, -0.05) is 220 Å². The minimum absolute atomic E-state index is 0.0186. The van der Waals surface area contributed by atoms with Crippen LogP contribution in [-0.2, 0) is 33.4 Å². The van der Waals surface area contributed by atoms with Crippen LogP contribution < -0.4 is 14.5 Å². The monoisotopic (exact) mass is 1110 g/mol. The van der Waals surface area contributed by atoms with Gasteiger partial charge in [-0.2, -0.15) is 0 Å². The van der Waals surface area contributed by atoms with Gasteiger partial charge in [-0.05, 0) is 156 Å². The molecule has 2 aliphatic rings. The van der Waals surface area contributed by atoms with E-state index >= 15 is 0 Å². The van der Waals surface area contributed by atoms with Gasteiger partial charge < -0.3 is 14.5 Å². The number of para-hydroxylation sites is 3. The average Bonchev–Trinajstić information content (AvgIpc) is 1.57. The van der Waals surface area contributed by atoms with Crippen molar-refractivity contribution in [3.05, 3.63) is 215 Å². The highest BCUT2D eigenvalue weighted by Gasteiger charge is 2.38. The molecule has 0 radical (unpaired) electrons. The van der Waals surface area contributed by atoms with E-state index in [1.54, 1.807) is 6.20 Å². The zero-order chi connectivity index (χ0) is 63.9. The maximum absolute atomic E-state index is 9.98. The molecule has 5 heteroatoms. The molecule has 12 rings (SSSR count). The number of anilines is 4. The fourth-order valence-corrected chi connectivity index (χ4v) is 12.6. The van der Waals surface area contributed by atoms with Gasteiger partial charge in [-0.15, -0.1) is 0 Å². The molecule has 0 amide bonds. The molecule has 84 heavy (non-hydrogen) atoms. The lowest BCUT2D eigenvalue weighted by atomic mass is 9.63. The van der Waals surface area contributed by atoms with Gasteiger partial charge in [0.15, 0.2) is 0 Å². The largest absolute Gasteiger partial charge is 0.457 e. The summed E-state index contributed by atoms with van der Waals surface area (Å²) in [6.45, 7) is 34.9. The molecule has 428 valence electrons. The van der Waals surface area contributed by atoms with Crippen molar-refractivity contribution in [3.8, 4) is 50.7 Å². The van der Waals surface area contributed by atoms with Crippen LogP contribution >= 0.6 is 0 Å². The molecular formula is C79H86N4O. The Bertz CT molecular complexity index is 4450. The van der Waals surface area contributed by atoms with Gasteiger partial charge in [0, 0.05) is 54.2 Å². The molecule has 5 nitrogen and oxygen atoms in total. The summed E-state index contributed by atoms with van der Waals surface area (Å²) in [5.41, 5.74) is 15.0. The molecule has 0 atom stereocenters. The van der Waals surface area contributed by atoms with Gasteiger partial charge in [0.25, 0.3) is 0 Å². The Labute approximate surface area is 508 Å². The molecule has 2 aromatic heterocycles. The Morgan fingerprint density at radius 3 is 1.82 bits per heavy atom. The second-order valence-corrected chi connectivity index (χ2v) is 29.2. The number of aromatic nitrogens is 2. The minimum atomic E-state index is -1.97. The smallest absolute Gasteiger partial charge is 0.137 e. The Balaban J connectivity index is 0.971. The Morgan fingerprint density at radius 2 is 1.13 bits per heavy atom. The van der Waals surface area contributed by atoms with Crippen LogP contribution in [0.5, 0.6) is 11.5 Å². The lowest BCUT2D eigenvalue weighted by Crippen LogP contribution is -2.33. The van der Waals surface area contributed by atoms with E-state index in [1.807, 2.05) is 39.0 Å². The van der Waals surface area contributed by atoms with Crippen LogP contribution in [0.3, 0.4) is 0 Å². The molecule has 10 aromatic rings. The summed E-state index contributed by atoms with van der Waals surface area (Å²) >= 11 is 0. The Morgan fingerprint density at radius 1 is 0.512 bits per heavy atom. The Kier molecular flexibility index (Phi) is 12.3. The van der Waals surface area contributed by atoms with Gasteiger partial charge in [0.1, 0.15) is 24.0 Å². The lowest BCUT2D eigenvalue weighted by molar-refractivity contribution is 0.332. The third kappa shape index (κ3) is 10.6. The second kappa shape index (κ2) is 20.4. The topological polar surface area (TPSA) is 33.5 Å². The van der Waals surface area contributed by atoms with Crippen LogP contribution in [0, 0.1) is 5.41 Å². The minimum Gasteiger partial charge on any atom is -0.457 e. The highest BCUT2D eigenvalue weighted by molar-refractivity contribution is 6.10. The van der Waals surface area contributed by atoms with E-state index in [4.69, 9.17) is 9.72 Å². The van der Waals surface area contributed by atoms with Crippen LogP contribution in [0.25, 0.3) is 61.0 Å². The van der Waals surface area contributed by atoms with Crippen molar-refractivity contribution in [1.82, 2.24) is 9.55 Å². The van der Waals surface area contributed by atoms with E-state index in [0.717, 1.165) is 85.2 Å². The molecule has 0 saturated heterocycles. The van der Waals surface area contributed by atoms with E-state index in [1.165, 1.54) is 22.3 Å². The number of pyridine rings is 1. The molecule has 8 aromatic carbocycles. The van der Waals surface area contributed by atoms with Crippen molar-refractivity contribution in [3.63, 3.8) is 0 Å². The molecule has 0 saturated carbocycles. The molecule has 0 bridgehead atoms. The first kappa shape index (κ1) is 50.6. The van der Waals surface area contributed by atoms with E-state index < -0.39 is 22.6 Å². The molecule has 1 aliphatic carbocycles. The predicted molar refractivity (Wildman–Crippen MR) is 358 cm³/mol. The maximum atomic E-state index is 9.98. The van der Waals surface area contributed by atoms with Gasteiger partial charge in [0.05, 0.1) is 32.2 Å². The molecule has 0 fully saturated rings. The standard InChI is InChI=1S/C79H86N4O/c1-74(2,3)48-54-44-72(80-49-65(54)53-32-38-66-67(43-53)79(15,16)41-40-78(66,13)14)83-68-39-35-57(77(10,11)12)45-64(68)63-37-36-60(47-71(63)83)84-59-25-20-24-58(46-59)81-50-82(70-29-18-17-28-69(70)81)73-61(51-30-33-55(34-31-51)75(4,5)6)26-21-27-62(73)52-22-19-23-56(42-52)76(7,8)9/h17-39,42-47,49H,40-41,48,50H2,1-16H3/i32D,38D,43D,48D2. The molecule has 0 spiro atoms. The lowest BCUT2D eigenvalue weighted by Gasteiger charge is -2.42. The third-order valence-corrected chi connectivity index (χ3v) is 17.6. The summed E-state index contributed by atoms with van der Waals surface area (Å²) < 4.78 is 58.2. The highest BCUT2D eigenvalue weighted by atomic mass is 16.5. The van der Waals surface area contributed by atoms with Gasteiger partial charge >= 0.3 is 0 Å². The summed E-state index contributed by atoms with van der Waals surface area (Å²) in [4.78, 5) is 10.1. The summed E-state index contributed by atoms with van der Waals surface area (Å²) in [5, 5.41) is 2.01. The summed E-state index contributed by atoms with van der Waals surface area (Å²) in [6, 6.07) is 56.7. The van der Waals surface area contributed by atoms with Crippen LogP contribution in [0.15, 0.2) is 182 Å². The quantitative estimate of drug-likeness (QED) is 0.144. The number of benzene rings is 8. The van der Waals surface area contributed by atoms with Gasteiger partial charge in [-0.3, -0.25) is 4.57 Å². The van der Waals surface area contributed by atoms with Gasteiger partial charge in [-0.25, -0.2) is 4.98 Å². The van der Waals surface area contributed by atoms with Crippen LogP contribution in [-0.4, -0.2) is 16.2 Å². The molecular weight excluding hydrogens is 1020 g/mol. The van der Waals surface area contributed by atoms with Crippen molar-refractivity contribution < 1.29 is 11.6 Å². The van der Waals surface area contributed by atoms with E-state index in [2.05, 4.69) is 244 Å². The normalized spacial score (nSPS) is 16.2. The van der Waals surface area contributed by atoms with E-state index in [0.29, 0.717) is 35.1 Å². The fourth-order valence-electron chi connectivity index (χ4n) is 12.6. The SMILES string of the molecule is [2H]c1c([2H])c2c(c([2H])c1-c1cnc(-n3c4ccc(C(C)(C)C)cc4c4ccc(Oc5cccc(N6CN(c7c(-c8ccc(C(C)(C)C)cc8)cccc7-c7cccc(C(C)(C)C)c7)c7ccccc76)c5)cc43)cc1C([2H])([2H])C(C)(C)C)C(C)(C)CCC2(C)C. The Hall–Kier alpha value is -7.89. The number of hydrogen-bond donors (Lipinski definition) is 0. The zero-order valence-corrected chi connectivity index (χ0v) is 52.4. The van der Waals surface area contributed by atoms with Crippen LogP contribution in [0.4, 0.5) is 22.7 Å². The predicted octanol–water partition coefficient (Wildman–Crippen LogP) is 22.0. The van der Waals surface area contributed by atoms with E-state index in [-0.39, 0.29) is 39.9 Å². The molecule has 3 heterocycles. The first-order chi connectivity index (χ1) is 41.7. The average molecular weight is 1110 g/mol. The summed E-state index contributed by atoms with van der Waals surface area (Å²) in [7, 11) is 0. The molecule has 0 N–H and O–H groups in total. The summed E-state index contributed by atoms with van der Waals surface area (Å²) in [5.74, 6) is 1.78.